The first-order valence-electron chi connectivity index (χ1n) is 6.54. The summed E-state index contributed by atoms with van der Waals surface area (Å²) in [6.07, 6.45) is 1.06. The van der Waals surface area contributed by atoms with Crippen molar-refractivity contribution in [3.8, 4) is 11.8 Å². The van der Waals surface area contributed by atoms with E-state index in [0.29, 0.717) is 0 Å². The fraction of sp³-hybridized carbons (Fsp3) is 0.222. The van der Waals surface area contributed by atoms with Gasteiger partial charge in [0.05, 0.1) is 6.61 Å². The average molecular weight is 250 g/mol. The van der Waals surface area contributed by atoms with E-state index >= 15 is 0 Å². The minimum atomic E-state index is 0.0748. The van der Waals surface area contributed by atoms with Gasteiger partial charge < -0.3 is 5.11 Å². The number of aliphatic hydroxyl groups is 1. The van der Waals surface area contributed by atoms with Crippen molar-refractivity contribution in [1.29, 1.82) is 0 Å². The van der Waals surface area contributed by atoms with E-state index in [2.05, 4.69) is 43.9 Å². The molecule has 2 aromatic carbocycles. The fourth-order valence-electron chi connectivity index (χ4n) is 2.01. The van der Waals surface area contributed by atoms with Crippen LogP contribution in [0.2, 0.25) is 0 Å². The van der Waals surface area contributed by atoms with Crippen LogP contribution >= 0.6 is 0 Å². The predicted octanol–water partition coefficient (Wildman–Crippen LogP) is 3.45. The molecule has 2 aromatic rings. The van der Waals surface area contributed by atoms with Crippen LogP contribution in [0, 0.1) is 18.8 Å². The second-order valence-electron chi connectivity index (χ2n) is 4.60. The van der Waals surface area contributed by atoms with E-state index in [9.17, 15) is 0 Å². The van der Waals surface area contributed by atoms with E-state index in [0.717, 1.165) is 23.1 Å². The Morgan fingerprint density at radius 3 is 2.16 bits per heavy atom. The molecule has 0 saturated carbocycles. The minimum absolute atomic E-state index is 0.0748. The first-order chi connectivity index (χ1) is 9.22. The molecule has 0 radical (unpaired) electrons. The van der Waals surface area contributed by atoms with Gasteiger partial charge in [0.1, 0.15) is 0 Å². The third-order valence-corrected chi connectivity index (χ3v) is 3.21. The Morgan fingerprint density at radius 2 is 1.58 bits per heavy atom. The van der Waals surface area contributed by atoms with Crippen LogP contribution in [0.5, 0.6) is 0 Å². The summed E-state index contributed by atoms with van der Waals surface area (Å²) in [5, 5.41) is 8.98. The van der Waals surface area contributed by atoms with Crippen molar-refractivity contribution in [3.63, 3.8) is 0 Å². The van der Waals surface area contributed by atoms with E-state index in [1.807, 2.05) is 24.3 Å². The fourth-order valence-corrected chi connectivity index (χ4v) is 2.01. The third-order valence-electron chi connectivity index (χ3n) is 3.21. The van der Waals surface area contributed by atoms with Gasteiger partial charge >= 0.3 is 0 Å². The number of aryl methyl sites for hydroxylation is 2. The summed E-state index contributed by atoms with van der Waals surface area (Å²) >= 11 is 0. The zero-order chi connectivity index (χ0) is 13.7. The molecule has 0 saturated heterocycles. The first-order valence-corrected chi connectivity index (χ1v) is 6.54. The highest BCUT2D eigenvalue weighted by Gasteiger charge is 1.96. The van der Waals surface area contributed by atoms with Gasteiger partial charge in [-0.25, -0.2) is 0 Å². The molecule has 0 unspecified atom stereocenters. The molecular formula is C18H18O. The van der Waals surface area contributed by atoms with Gasteiger partial charge in [0.15, 0.2) is 0 Å². The Labute approximate surface area is 114 Å². The summed E-state index contributed by atoms with van der Waals surface area (Å²) in [6, 6.07) is 14.0. The Kier molecular flexibility index (Phi) is 4.39. The molecule has 0 amide bonds. The monoisotopic (exact) mass is 250 g/mol. The van der Waals surface area contributed by atoms with Gasteiger partial charge in [-0.1, -0.05) is 37.0 Å². The third kappa shape index (κ3) is 3.47. The highest BCUT2D eigenvalue weighted by atomic mass is 16.3. The topological polar surface area (TPSA) is 20.2 Å². The van der Waals surface area contributed by atoms with Gasteiger partial charge in [-0.3, -0.25) is 0 Å². The van der Waals surface area contributed by atoms with E-state index in [1.54, 1.807) is 0 Å². The van der Waals surface area contributed by atoms with Crippen LogP contribution in [0.3, 0.4) is 0 Å². The highest BCUT2D eigenvalue weighted by Crippen LogP contribution is 2.11. The number of hydrogen-bond acceptors (Lipinski definition) is 1. The van der Waals surface area contributed by atoms with Crippen LogP contribution in [0.25, 0.3) is 0 Å². The lowest BCUT2D eigenvalue weighted by Gasteiger charge is -2.02. The molecule has 1 nitrogen and oxygen atoms in total. The molecule has 0 spiro atoms. The van der Waals surface area contributed by atoms with Crippen LogP contribution in [-0.2, 0) is 13.0 Å². The molecule has 0 aliphatic carbocycles. The molecule has 0 atom stereocenters. The summed E-state index contributed by atoms with van der Waals surface area (Å²) in [6.45, 7) is 4.36. The summed E-state index contributed by atoms with van der Waals surface area (Å²) in [5.74, 6) is 6.32. The zero-order valence-electron chi connectivity index (χ0n) is 11.4. The molecule has 0 aromatic heterocycles. The van der Waals surface area contributed by atoms with E-state index in [4.69, 9.17) is 5.11 Å². The van der Waals surface area contributed by atoms with Gasteiger partial charge in [-0.05, 0) is 54.3 Å². The summed E-state index contributed by atoms with van der Waals surface area (Å²) < 4.78 is 0. The molecular weight excluding hydrogens is 232 g/mol. The van der Waals surface area contributed by atoms with Crippen LogP contribution in [0.1, 0.15) is 34.7 Å². The molecule has 0 aliphatic heterocycles. The predicted molar refractivity (Wildman–Crippen MR) is 78.9 cm³/mol. The quantitative estimate of drug-likeness (QED) is 0.809. The Bertz CT molecular complexity index is 612. The van der Waals surface area contributed by atoms with Crippen LogP contribution < -0.4 is 0 Å². The van der Waals surface area contributed by atoms with Gasteiger partial charge in [-0.2, -0.15) is 0 Å². The molecule has 19 heavy (non-hydrogen) atoms. The smallest absolute Gasteiger partial charge is 0.0681 e. The Hall–Kier alpha value is -2.04. The van der Waals surface area contributed by atoms with Crippen molar-refractivity contribution in [2.24, 2.45) is 0 Å². The zero-order valence-corrected chi connectivity index (χ0v) is 11.4. The Balaban J connectivity index is 2.21. The van der Waals surface area contributed by atoms with Crippen LogP contribution in [0.15, 0.2) is 42.5 Å². The van der Waals surface area contributed by atoms with Gasteiger partial charge in [0.25, 0.3) is 0 Å². The number of hydrogen-bond donors (Lipinski definition) is 1. The molecule has 0 aliphatic rings. The van der Waals surface area contributed by atoms with Crippen molar-refractivity contribution >= 4 is 0 Å². The van der Waals surface area contributed by atoms with Crippen LogP contribution in [0.4, 0.5) is 0 Å². The number of aliphatic hydroxyl groups excluding tert-OH is 1. The van der Waals surface area contributed by atoms with Crippen molar-refractivity contribution in [3.05, 3.63) is 70.3 Å². The van der Waals surface area contributed by atoms with Crippen LogP contribution in [-0.4, -0.2) is 5.11 Å². The standard InChI is InChI=1S/C18H18O/c1-3-18-11-10-16(12-14(18)2)7-4-15-5-8-17(13-19)9-6-15/h5-6,8-12,19H,3,13H2,1-2H3. The van der Waals surface area contributed by atoms with Crippen molar-refractivity contribution in [1.82, 2.24) is 0 Å². The van der Waals surface area contributed by atoms with E-state index in [1.165, 1.54) is 11.1 Å². The summed E-state index contributed by atoms with van der Waals surface area (Å²) in [5.41, 5.74) is 5.59. The highest BCUT2D eigenvalue weighted by molar-refractivity contribution is 5.45. The number of benzene rings is 2. The van der Waals surface area contributed by atoms with Gasteiger partial charge in [-0.15, -0.1) is 0 Å². The maximum Gasteiger partial charge on any atom is 0.0681 e. The molecule has 2 rings (SSSR count). The maximum atomic E-state index is 8.98. The molecule has 1 heteroatoms. The molecule has 1 N–H and O–H groups in total. The van der Waals surface area contributed by atoms with Crippen molar-refractivity contribution < 1.29 is 5.11 Å². The Morgan fingerprint density at radius 1 is 0.947 bits per heavy atom. The lowest BCUT2D eigenvalue weighted by Crippen LogP contribution is -1.87. The second kappa shape index (κ2) is 6.22. The molecule has 0 bridgehead atoms. The molecule has 0 fully saturated rings. The lowest BCUT2D eigenvalue weighted by molar-refractivity contribution is 0.282. The van der Waals surface area contributed by atoms with Crippen molar-refractivity contribution in [2.75, 3.05) is 0 Å². The maximum absolute atomic E-state index is 8.98. The normalized spacial score (nSPS) is 9.84. The van der Waals surface area contributed by atoms with Gasteiger partial charge in [0.2, 0.25) is 0 Å². The number of rotatable bonds is 2. The lowest BCUT2D eigenvalue weighted by atomic mass is 10.0. The first kappa shape index (κ1) is 13.4. The van der Waals surface area contributed by atoms with E-state index in [-0.39, 0.29) is 6.61 Å². The summed E-state index contributed by atoms with van der Waals surface area (Å²) in [7, 11) is 0. The largest absolute Gasteiger partial charge is 0.392 e. The second-order valence-corrected chi connectivity index (χ2v) is 4.60. The minimum Gasteiger partial charge on any atom is -0.392 e. The molecule has 96 valence electrons. The summed E-state index contributed by atoms with van der Waals surface area (Å²) in [4.78, 5) is 0. The SMILES string of the molecule is CCc1ccc(C#Cc2ccc(CO)cc2)cc1C. The van der Waals surface area contributed by atoms with Gasteiger partial charge in [0, 0.05) is 11.1 Å². The van der Waals surface area contributed by atoms with Crippen molar-refractivity contribution in [2.45, 2.75) is 26.9 Å². The molecule has 0 heterocycles. The average Bonchev–Trinajstić information content (AvgIpc) is 2.46. The van der Waals surface area contributed by atoms with E-state index < -0.39 is 0 Å².